The highest BCUT2D eigenvalue weighted by Crippen LogP contribution is 2.21. The molecule has 1 fully saturated rings. The monoisotopic (exact) mass is 296 g/mol. The average molecular weight is 296 g/mol. The SMILES string of the molecule is CC1CC(NC(=O)CCSc2ccccc2F)CCN1. The topological polar surface area (TPSA) is 41.1 Å². The lowest BCUT2D eigenvalue weighted by molar-refractivity contribution is -0.121. The molecular formula is C15H21FN2OS. The Balaban J connectivity index is 1.69. The van der Waals surface area contributed by atoms with E-state index in [1.165, 1.54) is 17.8 Å². The molecule has 1 aliphatic heterocycles. The molecule has 0 spiro atoms. The van der Waals surface area contributed by atoms with Gasteiger partial charge >= 0.3 is 0 Å². The van der Waals surface area contributed by atoms with E-state index in [-0.39, 0.29) is 17.8 Å². The lowest BCUT2D eigenvalue weighted by Gasteiger charge is -2.28. The van der Waals surface area contributed by atoms with E-state index in [0.717, 1.165) is 19.4 Å². The van der Waals surface area contributed by atoms with Gasteiger partial charge in [-0.05, 0) is 38.4 Å². The van der Waals surface area contributed by atoms with E-state index < -0.39 is 0 Å². The molecule has 0 saturated carbocycles. The minimum Gasteiger partial charge on any atom is -0.353 e. The summed E-state index contributed by atoms with van der Waals surface area (Å²) < 4.78 is 13.4. The van der Waals surface area contributed by atoms with Gasteiger partial charge in [0, 0.05) is 29.2 Å². The molecule has 1 aromatic rings. The van der Waals surface area contributed by atoms with Crippen molar-refractivity contribution in [3.05, 3.63) is 30.1 Å². The Morgan fingerprint density at radius 3 is 3.05 bits per heavy atom. The summed E-state index contributed by atoms with van der Waals surface area (Å²) in [5.41, 5.74) is 0. The molecule has 5 heteroatoms. The standard InChI is InChI=1S/C15H21FN2OS/c1-11-10-12(6-8-17-11)18-15(19)7-9-20-14-5-3-2-4-13(14)16/h2-5,11-12,17H,6-10H2,1H3,(H,18,19). The average Bonchev–Trinajstić information content (AvgIpc) is 2.41. The molecule has 3 nitrogen and oxygen atoms in total. The van der Waals surface area contributed by atoms with Crippen molar-refractivity contribution in [1.82, 2.24) is 10.6 Å². The second kappa shape index (κ2) is 7.64. The summed E-state index contributed by atoms with van der Waals surface area (Å²) in [4.78, 5) is 12.5. The highest BCUT2D eigenvalue weighted by molar-refractivity contribution is 7.99. The third kappa shape index (κ3) is 4.80. The Morgan fingerprint density at radius 2 is 2.30 bits per heavy atom. The molecule has 2 atom stereocenters. The molecule has 1 aromatic carbocycles. The van der Waals surface area contributed by atoms with Crippen LogP contribution in [-0.2, 0) is 4.79 Å². The van der Waals surface area contributed by atoms with Crippen LogP contribution in [0.15, 0.2) is 29.2 Å². The van der Waals surface area contributed by atoms with Crippen LogP contribution in [0.1, 0.15) is 26.2 Å². The summed E-state index contributed by atoms with van der Waals surface area (Å²) in [5.74, 6) is 0.450. The fourth-order valence-corrected chi connectivity index (χ4v) is 3.27. The third-order valence-electron chi connectivity index (χ3n) is 3.41. The molecule has 2 unspecified atom stereocenters. The Bertz CT molecular complexity index is 455. The van der Waals surface area contributed by atoms with E-state index in [1.807, 2.05) is 6.07 Å². The summed E-state index contributed by atoms with van der Waals surface area (Å²) in [6, 6.07) is 7.40. The van der Waals surface area contributed by atoms with Crippen molar-refractivity contribution in [2.75, 3.05) is 12.3 Å². The molecule has 2 rings (SSSR count). The van der Waals surface area contributed by atoms with Crippen molar-refractivity contribution in [2.24, 2.45) is 0 Å². The molecule has 1 heterocycles. The number of carbonyl (C=O) groups excluding carboxylic acids is 1. The summed E-state index contributed by atoms with van der Waals surface area (Å²) in [6.07, 6.45) is 2.39. The summed E-state index contributed by atoms with van der Waals surface area (Å²) in [6.45, 7) is 3.09. The van der Waals surface area contributed by atoms with E-state index in [4.69, 9.17) is 0 Å². The number of nitrogens with one attached hydrogen (secondary N) is 2. The highest BCUT2D eigenvalue weighted by Gasteiger charge is 2.19. The predicted molar refractivity (Wildman–Crippen MR) is 80.4 cm³/mol. The van der Waals surface area contributed by atoms with Gasteiger partial charge in [0.25, 0.3) is 0 Å². The quantitative estimate of drug-likeness (QED) is 0.821. The van der Waals surface area contributed by atoms with Gasteiger partial charge in [-0.2, -0.15) is 0 Å². The van der Waals surface area contributed by atoms with Gasteiger partial charge in [0.05, 0.1) is 0 Å². The van der Waals surface area contributed by atoms with Crippen LogP contribution >= 0.6 is 11.8 Å². The highest BCUT2D eigenvalue weighted by atomic mass is 32.2. The van der Waals surface area contributed by atoms with Gasteiger partial charge < -0.3 is 10.6 Å². The van der Waals surface area contributed by atoms with E-state index in [2.05, 4.69) is 17.6 Å². The van der Waals surface area contributed by atoms with Crippen LogP contribution in [0.4, 0.5) is 4.39 Å². The van der Waals surface area contributed by atoms with Gasteiger partial charge in [0.15, 0.2) is 0 Å². The van der Waals surface area contributed by atoms with E-state index in [0.29, 0.717) is 23.1 Å². The maximum absolute atomic E-state index is 13.4. The number of hydrogen-bond acceptors (Lipinski definition) is 3. The summed E-state index contributed by atoms with van der Waals surface area (Å²) in [7, 11) is 0. The lowest BCUT2D eigenvalue weighted by atomic mass is 10.0. The zero-order valence-electron chi connectivity index (χ0n) is 11.7. The second-order valence-electron chi connectivity index (χ2n) is 5.17. The number of rotatable bonds is 5. The molecule has 1 amide bonds. The zero-order valence-corrected chi connectivity index (χ0v) is 12.5. The van der Waals surface area contributed by atoms with Crippen LogP contribution < -0.4 is 10.6 Å². The van der Waals surface area contributed by atoms with Crippen molar-refractivity contribution in [3.63, 3.8) is 0 Å². The van der Waals surface area contributed by atoms with Gasteiger partial charge in [-0.1, -0.05) is 12.1 Å². The first kappa shape index (κ1) is 15.3. The molecule has 110 valence electrons. The largest absolute Gasteiger partial charge is 0.353 e. The van der Waals surface area contributed by atoms with Gasteiger partial charge in [0.1, 0.15) is 5.82 Å². The number of carbonyl (C=O) groups is 1. The maximum Gasteiger partial charge on any atom is 0.221 e. The smallest absolute Gasteiger partial charge is 0.221 e. The summed E-state index contributed by atoms with van der Waals surface area (Å²) >= 11 is 1.39. The number of thioether (sulfide) groups is 1. The van der Waals surface area contributed by atoms with E-state index in [1.54, 1.807) is 12.1 Å². The number of hydrogen-bond donors (Lipinski definition) is 2. The number of amides is 1. The van der Waals surface area contributed by atoms with Crippen LogP contribution in [0.3, 0.4) is 0 Å². The van der Waals surface area contributed by atoms with Crippen LogP contribution in [-0.4, -0.2) is 30.3 Å². The maximum atomic E-state index is 13.4. The number of piperidine rings is 1. The zero-order chi connectivity index (χ0) is 14.4. The lowest BCUT2D eigenvalue weighted by Crippen LogP contribution is -2.46. The molecule has 2 N–H and O–H groups in total. The minimum atomic E-state index is -0.218. The van der Waals surface area contributed by atoms with Crippen molar-refractivity contribution < 1.29 is 9.18 Å². The first-order chi connectivity index (χ1) is 9.65. The second-order valence-corrected chi connectivity index (χ2v) is 6.31. The van der Waals surface area contributed by atoms with Crippen LogP contribution in [0.5, 0.6) is 0 Å². The molecule has 0 radical (unpaired) electrons. The van der Waals surface area contributed by atoms with Crippen LogP contribution in [0.25, 0.3) is 0 Å². The van der Waals surface area contributed by atoms with Gasteiger partial charge in [-0.3, -0.25) is 4.79 Å². The Kier molecular flexibility index (Phi) is 5.86. The third-order valence-corrected chi connectivity index (χ3v) is 4.46. The molecule has 1 saturated heterocycles. The van der Waals surface area contributed by atoms with Gasteiger partial charge in [0.2, 0.25) is 5.91 Å². The van der Waals surface area contributed by atoms with Crippen LogP contribution in [0.2, 0.25) is 0 Å². The fourth-order valence-electron chi connectivity index (χ4n) is 2.38. The minimum absolute atomic E-state index is 0.0629. The van der Waals surface area contributed by atoms with Crippen molar-refractivity contribution >= 4 is 17.7 Å². The summed E-state index contributed by atoms with van der Waals surface area (Å²) in [5, 5.41) is 6.42. The van der Waals surface area contributed by atoms with Crippen molar-refractivity contribution in [3.8, 4) is 0 Å². The molecule has 0 aromatic heterocycles. The predicted octanol–water partition coefficient (Wildman–Crippen LogP) is 2.56. The Labute approximate surface area is 123 Å². The molecule has 1 aliphatic rings. The van der Waals surface area contributed by atoms with Crippen molar-refractivity contribution in [1.29, 1.82) is 0 Å². The van der Waals surface area contributed by atoms with E-state index >= 15 is 0 Å². The number of benzene rings is 1. The molecule has 0 bridgehead atoms. The van der Waals surface area contributed by atoms with Gasteiger partial charge in [-0.15, -0.1) is 11.8 Å². The Morgan fingerprint density at radius 1 is 1.50 bits per heavy atom. The fraction of sp³-hybridized carbons (Fsp3) is 0.533. The molecule has 20 heavy (non-hydrogen) atoms. The van der Waals surface area contributed by atoms with Crippen molar-refractivity contribution in [2.45, 2.75) is 43.2 Å². The first-order valence-electron chi connectivity index (χ1n) is 7.05. The van der Waals surface area contributed by atoms with Crippen LogP contribution in [0, 0.1) is 5.82 Å². The normalized spacial score (nSPS) is 22.5. The molecular weight excluding hydrogens is 275 g/mol. The molecule has 0 aliphatic carbocycles. The first-order valence-corrected chi connectivity index (χ1v) is 8.04. The van der Waals surface area contributed by atoms with Gasteiger partial charge in [-0.25, -0.2) is 4.39 Å². The Hall–Kier alpha value is -1.07. The number of halogens is 1. The van der Waals surface area contributed by atoms with E-state index in [9.17, 15) is 9.18 Å².